The molecule has 5 nitrogen and oxygen atoms in total. The maximum Gasteiger partial charge on any atom is 0.410 e. The molecule has 0 unspecified atom stereocenters. The molecule has 0 saturated carbocycles. The van der Waals surface area contributed by atoms with Gasteiger partial charge in [0.2, 0.25) is 0 Å². The van der Waals surface area contributed by atoms with Crippen LogP contribution in [0.2, 0.25) is 5.02 Å². The van der Waals surface area contributed by atoms with E-state index in [0.717, 1.165) is 23.2 Å². The van der Waals surface area contributed by atoms with Crippen molar-refractivity contribution in [2.75, 3.05) is 13.1 Å². The molecule has 3 rings (SSSR count). The van der Waals surface area contributed by atoms with Crippen molar-refractivity contribution in [2.45, 2.75) is 39.2 Å². The number of amides is 1. The number of fused-ring (bicyclic) bond motifs is 1. The van der Waals surface area contributed by atoms with Gasteiger partial charge in [-0.3, -0.25) is 0 Å². The van der Waals surface area contributed by atoms with Gasteiger partial charge < -0.3 is 9.64 Å². The van der Waals surface area contributed by atoms with Gasteiger partial charge in [-0.2, -0.15) is 10.2 Å². The highest BCUT2D eigenvalue weighted by Gasteiger charge is 2.26. The van der Waals surface area contributed by atoms with E-state index in [1.54, 1.807) is 11.1 Å². The quantitative estimate of drug-likeness (QED) is 0.768. The van der Waals surface area contributed by atoms with Crippen LogP contribution in [0.4, 0.5) is 4.79 Å². The Morgan fingerprint density at radius 1 is 1.20 bits per heavy atom. The number of hydrogen-bond donors (Lipinski definition) is 0. The van der Waals surface area contributed by atoms with Crippen molar-refractivity contribution in [2.24, 2.45) is 0 Å². The number of carbonyl (C=O) groups excluding carboxylic acids is 1. The Labute approximate surface area is 153 Å². The molecule has 0 radical (unpaired) electrons. The fraction of sp³-hybridized carbons (Fsp3) is 0.421. The molecule has 25 heavy (non-hydrogen) atoms. The Morgan fingerprint density at radius 2 is 1.96 bits per heavy atom. The normalized spacial score (nSPS) is 14.6. The third kappa shape index (κ3) is 4.10. The van der Waals surface area contributed by atoms with Gasteiger partial charge in [0.25, 0.3) is 0 Å². The molecule has 6 heteroatoms. The predicted octanol–water partition coefficient (Wildman–Crippen LogP) is 4.13. The number of halogens is 1. The minimum atomic E-state index is -0.496. The molecule has 0 saturated heterocycles. The predicted molar refractivity (Wildman–Crippen MR) is 97.7 cm³/mol. The summed E-state index contributed by atoms with van der Waals surface area (Å²) in [5, 5.41) is 8.83. The first kappa shape index (κ1) is 17.7. The molecule has 0 aliphatic carbocycles. The highest BCUT2D eigenvalue weighted by Crippen LogP contribution is 2.34. The first-order chi connectivity index (χ1) is 11.8. The molecule has 1 amide bonds. The van der Waals surface area contributed by atoms with Gasteiger partial charge in [0.05, 0.1) is 10.7 Å². The molecule has 1 aliphatic rings. The second-order valence-corrected chi connectivity index (χ2v) is 7.54. The number of carbonyl (C=O) groups is 1. The summed E-state index contributed by atoms with van der Waals surface area (Å²) >= 11 is 6.46. The van der Waals surface area contributed by atoms with Crippen LogP contribution in [-0.4, -0.2) is 39.9 Å². The smallest absolute Gasteiger partial charge is 0.410 e. The summed E-state index contributed by atoms with van der Waals surface area (Å²) in [4.78, 5) is 14.2. The molecule has 0 spiro atoms. The fourth-order valence-corrected chi connectivity index (χ4v) is 3.29. The summed E-state index contributed by atoms with van der Waals surface area (Å²) in [5.74, 6) is 0. The average molecular weight is 360 g/mol. The molecule has 0 fully saturated rings. The monoisotopic (exact) mass is 359 g/mol. The van der Waals surface area contributed by atoms with Crippen LogP contribution in [0, 0.1) is 0 Å². The topological polar surface area (TPSA) is 55.3 Å². The summed E-state index contributed by atoms with van der Waals surface area (Å²) in [5.41, 5.74) is 3.51. The second kappa shape index (κ2) is 7.00. The number of benzene rings is 1. The lowest BCUT2D eigenvalue weighted by Crippen LogP contribution is -2.38. The van der Waals surface area contributed by atoms with Crippen molar-refractivity contribution in [3.05, 3.63) is 46.6 Å². The standard InChI is InChI=1S/C19H22ClN3O2/c1-19(2,3)25-18(24)23-11-8-13-6-7-15(20)17(14(13)9-12-23)16-5-4-10-21-22-16/h4-7,10H,8-9,11-12H2,1-3H3. The number of rotatable bonds is 1. The van der Waals surface area contributed by atoms with Crippen LogP contribution in [0.25, 0.3) is 11.3 Å². The van der Waals surface area contributed by atoms with Crippen LogP contribution in [-0.2, 0) is 17.6 Å². The van der Waals surface area contributed by atoms with E-state index in [1.807, 2.05) is 45.0 Å². The van der Waals surface area contributed by atoms with Crippen LogP contribution in [0.5, 0.6) is 0 Å². The molecule has 0 bridgehead atoms. The van der Waals surface area contributed by atoms with E-state index >= 15 is 0 Å². The van der Waals surface area contributed by atoms with Gasteiger partial charge >= 0.3 is 6.09 Å². The minimum Gasteiger partial charge on any atom is -0.444 e. The highest BCUT2D eigenvalue weighted by atomic mass is 35.5. The first-order valence-electron chi connectivity index (χ1n) is 8.41. The van der Waals surface area contributed by atoms with Gasteiger partial charge in [0.1, 0.15) is 5.60 Å². The van der Waals surface area contributed by atoms with Crippen molar-refractivity contribution >= 4 is 17.7 Å². The van der Waals surface area contributed by atoms with Crippen molar-refractivity contribution in [3.63, 3.8) is 0 Å². The lowest BCUT2D eigenvalue weighted by atomic mass is 9.95. The molecule has 0 N–H and O–H groups in total. The summed E-state index contributed by atoms with van der Waals surface area (Å²) in [6.45, 7) is 6.86. The van der Waals surface area contributed by atoms with Crippen molar-refractivity contribution in [3.8, 4) is 11.3 Å². The zero-order valence-electron chi connectivity index (χ0n) is 14.8. The molecule has 2 heterocycles. The molecular weight excluding hydrogens is 338 g/mol. The molecular formula is C19H22ClN3O2. The van der Waals surface area contributed by atoms with E-state index in [9.17, 15) is 4.79 Å². The van der Waals surface area contributed by atoms with Crippen molar-refractivity contribution in [1.82, 2.24) is 15.1 Å². The zero-order chi connectivity index (χ0) is 18.0. The number of aromatic nitrogens is 2. The molecule has 132 valence electrons. The lowest BCUT2D eigenvalue weighted by molar-refractivity contribution is 0.0258. The van der Waals surface area contributed by atoms with E-state index in [1.165, 1.54) is 5.56 Å². The van der Waals surface area contributed by atoms with Crippen LogP contribution in [0.1, 0.15) is 31.9 Å². The summed E-state index contributed by atoms with van der Waals surface area (Å²) in [7, 11) is 0. The van der Waals surface area contributed by atoms with Gasteiger partial charge in [-0.05, 0) is 62.9 Å². The van der Waals surface area contributed by atoms with Crippen LogP contribution in [0.15, 0.2) is 30.5 Å². The third-order valence-corrected chi connectivity index (χ3v) is 4.44. The van der Waals surface area contributed by atoms with Crippen LogP contribution in [0.3, 0.4) is 0 Å². The van der Waals surface area contributed by atoms with Gasteiger partial charge in [-0.1, -0.05) is 17.7 Å². The Balaban J connectivity index is 1.89. The number of hydrogen-bond acceptors (Lipinski definition) is 4. The number of nitrogens with zero attached hydrogens (tertiary/aromatic N) is 3. The Morgan fingerprint density at radius 3 is 2.64 bits per heavy atom. The van der Waals surface area contributed by atoms with E-state index < -0.39 is 5.60 Å². The van der Waals surface area contributed by atoms with Crippen molar-refractivity contribution in [1.29, 1.82) is 0 Å². The summed E-state index contributed by atoms with van der Waals surface area (Å²) in [6, 6.07) is 7.69. The average Bonchev–Trinajstić information content (AvgIpc) is 2.76. The van der Waals surface area contributed by atoms with E-state index in [-0.39, 0.29) is 6.09 Å². The Bertz CT molecular complexity index is 772. The first-order valence-corrected chi connectivity index (χ1v) is 8.79. The molecule has 1 aliphatic heterocycles. The third-order valence-electron chi connectivity index (χ3n) is 4.12. The van der Waals surface area contributed by atoms with Crippen LogP contribution < -0.4 is 0 Å². The molecule has 1 aromatic carbocycles. The fourth-order valence-electron chi connectivity index (χ4n) is 3.02. The van der Waals surface area contributed by atoms with E-state index in [2.05, 4.69) is 10.2 Å². The van der Waals surface area contributed by atoms with Gasteiger partial charge in [0, 0.05) is 24.8 Å². The summed E-state index contributed by atoms with van der Waals surface area (Å²) in [6.07, 6.45) is 2.84. The maximum absolute atomic E-state index is 12.4. The second-order valence-electron chi connectivity index (χ2n) is 7.14. The lowest BCUT2D eigenvalue weighted by Gasteiger charge is -2.26. The molecule has 1 aromatic heterocycles. The van der Waals surface area contributed by atoms with Crippen LogP contribution >= 0.6 is 11.6 Å². The van der Waals surface area contributed by atoms with Gasteiger partial charge in [0.15, 0.2) is 0 Å². The highest BCUT2D eigenvalue weighted by molar-refractivity contribution is 6.33. The van der Waals surface area contributed by atoms with Gasteiger partial charge in [-0.25, -0.2) is 4.79 Å². The van der Waals surface area contributed by atoms with E-state index in [4.69, 9.17) is 16.3 Å². The SMILES string of the molecule is CC(C)(C)OC(=O)N1CCc2ccc(Cl)c(-c3cccnn3)c2CC1. The summed E-state index contributed by atoms with van der Waals surface area (Å²) < 4.78 is 5.51. The van der Waals surface area contributed by atoms with Gasteiger partial charge in [-0.15, -0.1) is 0 Å². The van der Waals surface area contributed by atoms with Crippen molar-refractivity contribution < 1.29 is 9.53 Å². The largest absolute Gasteiger partial charge is 0.444 e. The number of ether oxygens (including phenoxy) is 1. The maximum atomic E-state index is 12.4. The zero-order valence-corrected chi connectivity index (χ0v) is 15.5. The molecule has 0 atom stereocenters. The Kier molecular flexibility index (Phi) is 4.95. The molecule has 2 aromatic rings. The van der Waals surface area contributed by atoms with E-state index in [0.29, 0.717) is 24.5 Å². The Hall–Kier alpha value is -2.14. The minimum absolute atomic E-state index is 0.271.